The Morgan fingerprint density at radius 1 is 1.50 bits per heavy atom. The van der Waals surface area contributed by atoms with Gasteiger partial charge in [0.2, 0.25) is 0 Å². The van der Waals surface area contributed by atoms with Crippen molar-refractivity contribution >= 4 is 27.4 Å². The molecule has 98 valence electrons. The third-order valence-electron chi connectivity index (χ3n) is 2.95. The molecule has 0 bridgehead atoms. The maximum Gasteiger partial charge on any atom is 0.288 e. The largest absolute Gasteiger partial charge is 0.366 e. The summed E-state index contributed by atoms with van der Waals surface area (Å²) in [5.41, 5.74) is -0.00467. The summed E-state index contributed by atoms with van der Waals surface area (Å²) in [5.74, 6) is 0.674. The standard InChI is InChI=1S/C11H15BrN4O2/c12-10-6-9(16(17)18)7-14-11(10)15-8-2-1-4-13-5-3-8/h6-8,13H,1-5H2,(H,14,15). The van der Waals surface area contributed by atoms with Crippen molar-refractivity contribution < 1.29 is 4.92 Å². The normalized spacial score (nSPS) is 20.2. The Kier molecular flexibility index (Phi) is 4.48. The summed E-state index contributed by atoms with van der Waals surface area (Å²) in [6.07, 6.45) is 4.52. The molecule has 6 nitrogen and oxygen atoms in total. The first-order valence-corrected chi connectivity index (χ1v) is 6.73. The van der Waals surface area contributed by atoms with Gasteiger partial charge in [-0.2, -0.15) is 0 Å². The van der Waals surface area contributed by atoms with Crippen molar-refractivity contribution in [1.82, 2.24) is 10.3 Å². The molecule has 0 aromatic carbocycles. The minimum atomic E-state index is -0.447. The fourth-order valence-corrected chi connectivity index (χ4v) is 2.44. The van der Waals surface area contributed by atoms with Gasteiger partial charge in [-0.3, -0.25) is 10.1 Å². The molecule has 1 unspecified atom stereocenters. The van der Waals surface area contributed by atoms with E-state index in [0.29, 0.717) is 16.3 Å². The van der Waals surface area contributed by atoms with Crippen LogP contribution >= 0.6 is 15.9 Å². The number of nitro groups is 1. The molecule has 0 aliphatic carbocycles. The Morgan fingerprint density at radius 3 is 3.06 bits per heavy atom. The lowest BCUT2D eigenvalue weighted by Crippen LogP contribution is -2.22. The van der Waals surface area contributed by atoms with Gasteiger partial charge in [0.1, 0.15) is 12.0 Å². The molecule has 0 radical (unpaired) electrons. The van der Waals surface area contributed by atoms with Crippen LogP contribution in [0.3, 0.4) is 0 Å². The van der Waals surface area contributed by atoms with Crippen molar-refractivity contribution in [2.45, 2.75) is 25.3 Å². The fourth-order valence-electron chi connectivity index (χ4n) is 1.99. The smallest absolute Gasteiger partial charge is 0.288 e. The zero-order valence-electron chi connectivity index (χ0n) is 9.86. The van der Waals surface area contributed by atoms with Gasteiger partial charge in [-0.1, -0.05) is 0 Å². The van der Waals surface area contributed by atoms with Crippen molar-refractivity contribution in [2.75, 3.05) is 18.4 Å². The highest BCUT2D eigenvalue weighted by atomic mass is 79.9. The number of nitrogens with zero attached hydrogens (tertiary/aromatic N) is 2. The first-order valence-electron chi connectivity index (χ1n) is 5.94. The topological polar surface area (TPSA) is 80.1 Å². The molecule has 0 amide bonds. The minimum absolute atomic E-state index is 0.00467. The van der Waals surface area contributed by atoms with Crippen molar-refractivity contribution in [1.29, 1.82) is 0 Å². The van der Waals surface area contributed by atoms with Crippen molar-refractivity contribution in [3.05, 3.63) is 26.9 Å². The highest BCUT2D eigenvalue weighted by molar-refractivity contribution is 9.10. The van der Waals surface area contributed by atoms with Crippen LogP contribution in [0.15, 0.2) is 16.7 Å². The van der Waals surface area contributed by atoms with Crippen LogP contribution in [0.25, 0.3) is 0 Å². The fraction of sp³-hybridized carbons (Fsp3) is 0.545. The first-order chi connectivity index (χ1) is 8.66. The summed E-state index contributed by atoms with van der Waals surface area (Å²) < 4.78 is 0.633. The van der Waals surface area contributed by atoms with Gasteiger partial charge in [0, 0.05) is 12.1 Å². The summed E-state index contributed by atoms with van der Waals surface area (Å²) in [4.78, 5) is 14.3. The second-order valence-electron chi connectivity index (χ2n) is 4.30. The number of hydrogen-bond acceptors (Lipinski definition) is 5. The molecule has 1 saturated heterocycles. The molecule has 0 saturated carbocycles. The number of aromatic nitrogens is 1. The molecule has 1 aromatic heterocycles. The average molecular weight is 315 g/mol. The lowest BCUT2D eigenvalue weighted by atomic mass is 10.1. The molecule has 1 aliphatic heterocycles. The number of halogens is 1. The summed E-state index contributed by atoms with van der Waals surface area (Å²) in [7, 11) is 0. The van der Waals surface area contributed by atoms with Crippen molar-refractivity contribution in [3.63, 3.8) is 0 Å². The molecule has 1 atom stereocenters. The number of pyridine rings is 1. The van der Waals surface area contributed by atoms with Gasteiger partial charge in [-0.15, -0.1) is 0 Å². The second-order valence-corrected chi connectivity index (χ2v) is 5.16. The second kappa shape index (κ2) is 6.10. The maximum absolute atomic E-state index is 10.6. The third-order valence-corrected chi connectivity index (χ3v) is 3.56. The van der Waals surface area contributed by atoms with Gasteiger partial charge in [-0.05, 0) is 48.3 Å². The molecular weight excluding hydrogens is 300 g/mol. The predicted octanol–water partition coefficient (Wildman–Crippen LogP) is 2.31. The van der Waals surface area contributed by atoms with Crippen molar-refractivity contribution in [3.8, 4) is 0 Å². The van der Waals surface area contributed by atoms with E-state index in [1.54, 1.807) is 0 Å². The summed E-state index contributed by atoms with van der Waals surface area (Å²) in [6, 6.07) is 1.84. The van der Waals surface area contributed by atoms with Crippen LogP contribution in [0.2, 0.25) is 0 Å². The van der Waals surface area contributed by atoms with E-state index in [1.807, 2.05) is 0 Å². The maximum atomic E-state index is 10.6. The Bertz CT molecular complexity index is 433. The van der Waals surface area contributed by atoms with E-state index in [0.717, 1.165) is 32.4 Å². The lowest BCUT2D eigenvalue weighted by molar-refractivity contribution is -0.385. The molecule has 2 N–H and O–H groups in total. The monoisotopic (exact) mass is 314 g/mol. The van der Waals surface area contributed by atoms with E-state index in [1.165, 1.54) is 12.3 Å². The molecule has 1 fully saturated rings. The Hall–Kier alpha value is -1.21. The van der Waals surface area contributed by atoms with Crippen LogP contribution in [0.5, 0.6) is 0 Å². The van der Waals surface area contributed by atoms with E-state index < -0.39 is 4.92 Å². The molecule has 2 heterocycles. The molecule has 7 heteroatoms. The molecule has 0 spiro atoms. The summed E-state index contributed by atoms with van der Waals surface area (Å²) in [5, 5.41) is 17.3. The van der Waals surface area contributed by atoms with Gasteiger partial charge in [0.15, 0.2) is 0 Å². The highest BCUT2D eigenvalue weighted by Gasteiger charge is 2.15. The van der Waals surface area contributed by atoms with Crippen LogP contribution < -0.4 is 10.6 Å². The van der Waals surface area contributed by atoms with E-state index in [2.05, 4.69) is 31.5 Å². The Labute approximate surface area is 113 Å². The van der Waals surface area contributed by atoms with Gasteiger partial charge in [0.05, 0.1) is 9.40 Å². The Balaban J connectivity index is 2.06. The minimum Gasteiger partial charge on any atom is -0.366 e. The van der Waals surface area contributed by atoms with E-state index >= 15 is 0 Å². The van der Waals surface area contributed by atoms with Gasteiger partial charge in [0.25, 0.3) is 5.69 Å². The molecule has 1 aromatic rings. The number of nitrogens with one attached hydrogen (secondary N) is 2. The van der Waals surface area contributed by atoms with Crippen molar-refractivity contribution in [2.24, 2.45) is 0 Å². The predicted molar refractivity (Wildman–Crippen MR) is 72.7 cm³/mol. The van der Waals surface area contributed by atoms with Crippen LogP contribution in [0.4, 0.5) is 11.5 Å². The summed E-state index contributed by atoms with van der Waals surface area (Å²) in [6.45, 7) is 2.04. The highest BCUT2D eigenvalue weighted by Crippen LogP contribution is 2.26. The van der Waals surface area contributed by atoms with Gasteiger partial charge in [-0.25, -0.2) is 4.98 Å². The summed E-state index contributed by atoms with van der Waals surface area (Å²) >= 11 is 3.32. The number of anilines is 1. The molecule has 2 rings (SSSR count). The zero-order valence-corrected chi connectivity index (χ0v) is 11.4. The van der Waals surface area contributed by atoms with Gasteiger partial charge >= 0.3 is 0 Å². The van der Waals surface area contributed by atoms with Crippen LogP contribution in [-0.4, -0.2) is 29.0 Å². The van der Waals surface area contributed by atoms with E-state index in [4.69, 9.17) is 0 Å². The number of hydrogen-bond donors (Lipinski definition) is 2. The average Bonchev–Trinajstić information content (AvgIpc) is 2.60. The van der Waals surface area contributed by atoms with E-state index in [9.17, 15) is 10.1 Å². The SMILES string of the molecule is O=[N+]([O-])c1cnc(NC2CCCNCC2)c(Br)c1. The zero-order chi connectivity index (χ0) is 13.0. The number of rotatable bonds is 3. The van der Waals surface area contributed by atoms with Crippen LogP contribution in [0, 0.1) is 10.1 Å². The van der Waals surface area contributed by atoms with Crippen LogP contribution in [0.1, 0.15) is 19.3 Å². The Morgan fingerprint density at radius 2 is 2.33 bits per heavy atom. The van der Waals surface area contributed by atoms with Gasteiger partial charge < -0.3 is 10.6 Å². The molecule has 18 heavy (non-hydrogen) atoms. The third kappa shape index (κ3) is 3.39. The van der Waals surface area contributed by atoms with E-state index in [-0.39, 0.29) is 5.69 Å². The quantitative estimate of drug-likeness (QED) is 0.661. The van der Waals surface area contributed by atoms with Crippen LogP contribution in [-0.2, 0) is 0 Å². The lowest BCUT2D eigenvalue weighted by Gasteiger charge is -2.17. The first kappa shape index (κ1) is 13.2. The molecular formula is C11H15BrN4O2. The molecule has 1 aliphatic rings.